The standard InChI is InChI=1S/C16H24N2O2/c1-11-7-5-6-8-15(11)17-16(19)14(4)18-9-12(2)20-13(3)10-18/h5-8,12-14H,9-10H2,1-4H3,(H,17,19). The summed E-state index contributed by atoms with van der Waals surface area (Å²) in [4.78, 5) is 14.6. The van der Waals surface area contributed by atoms with Crippen LogP contribution in [0.15, 0.2) is 24.3 Å². The van der Waals surface area contributed by atoms with Gasteiger partial charge < -0.3 is 10.1 Å². The summed E-state index contributed by atoms with van der Waals surface area (Å²) in [7, 11) is 0. The van der Waals surface area contributed by atoms with Gasteiger partial charge in [0.05, 0.1) is 18.2 Å². The second-order valence-electron chi connectivity index (χ2n) is 5.69. The van der Waals surface area contributed by atoms with Crippen molar-refractivity contribution in [2.75, 3.05) is 18.4 Å². The van der Waals surface area contributed by atoms with Crippen molar-refractivity contribution in [3.8, 4) is 0 Å². The monoisotopic (exact) mass is 276 g/mol. The van der Waals surface area contributed by atoms with Crippen LogP contribution in [0.3, 0.4) is 0 Å². The lowest BCUT2D eigenvalue weighted by molar-refractivity contribution is -0.126. The fourth-order valence-electron chi connectivity index (χ4n) is 2.65. The molecule has 0 saturated carbocycles. The molecular formula is C16H24N2O2. The van der Waals surface area contributed by atoms with Crippen LogP contribution in [0.25, 0.3) is 0 Å². The molecule has 1 aromatic rings. The number of hydrogen-bond acceptors (Lipinski definition) is 3. The van der Waals surface area contributed by atoms with E-state index >= 15 is 0 Å². The van der Waals surface area contributed by atoms with Crippen LogP contribution in [0.2, 0.25) is 0 Å². The minimum absolute atomic E-state index is 0.0422. The second-order valence-corrected chi connectivity index (χ2v) is 5.69. The minimum Gasteiger partial charge on any atom is -0.373 e. The highest BCUT2D eigenvalue weighted by molar-refractivity contribution is 5.95. The Bertz CT molecular complexity index is 465. The largest absolute Gasteiger partial charge is 0.373 e. The summed E-state index contributed by atoms with van der Waals surface area (Å²) < 4.78 is 5.71. The molecule has 4 heteroatoms. The summed E-state index contributed by atoms with van der Waals surface area (Å²) >= 11 is 0. The van der Waals surface area contributed by atoms with E-state index in [1.807, 2.05) is 38.1 Å². The first-order valence-corrected chi connectivity index (χ1v) is 7.23. The molecule has 0 bridgehead atoms. The molecule has 1 amide bonds. The van der Waals surface area contributed by atoms with Gasteiger partial charge >= 0.3 is 0 Å². The Kier molecular flexibility index (Phi) is 4.78. The van der Waals surface area contributed by atoms with Gasteiger partial charge in [0.25, 0.3) is 0 Å². The lowest BCUT2D eigenvalue weighted by Gasteiger charge is -2.38. The van der Waals surface area contributed by atoms with Crippen molar-refractivity contribution in [2.24, 2.45) is 0 Å². The molecular weight excluding hydrogens is 252 g/mol. The quantitative estimate of drug-likeness (QED) is 0.922. The smallest absolute Gasteiger partial charge is 0.241 e. The van der Waals surface area contributed by atoms with Crippen molar-refractivity contribution in [1.82, 2.24) is 4.90 Å². The number of nitrogens with one attached hydrogen (secondary N) is 1. The molecule has 3 unspecified atom stereocenters. The lowest BCUT2D eigenvalue weighted by atomic mass is 10.1. The van der Waals surface area contributed by atoms with Crippen molar-refractivity contribution >= 4 is 11.6 Å². The third kappa shape index (κ3) is 3.58. The average Bonchev–Trinajstić information content (AvgIpc) is 2.39. The van der Waals surface area contributed by atoms with E-state index in [1.165, 1.54) is 0 Å². The highest BCUT2D eigenvalue weighted by atomic mass is 16.5. The Morgan fingerprint density at radius 1 is 1.30 bits per heavy atom. The van der Waals surface area contributed by atoms with Gasteiger partial charge in [0, 0.05) is 18.8 Å². The van der Waals surface area contributed by atoms with Crippen molar-refractivity contribution in [2.45, 2.75) is 45.9 Å². The summed E-state index contributed by atoms with van der Waals surface area (Å²) in [6.45, 7) is 9.65. The number of benzene rings is 1. The molecule has 0 radical (unpaired) electrons. The maximum atomic E-state index is 12.4. The third-order valence-corrected chi connectivity index (χ3v) is 3.78. The molecule has 3 atom stereocenters. The van der Waals surface area contributed by atoms with Gasteiger partial charge in [-0.1, -0.05) is 18.2 Å². The van der Waals surface area contributed by atoms with Gasteiger partial charge in [-0.25, -0.2) is 0 Å². The SMILES string of the molecule is Cc1ccccc1NC(=O)C(C)N1CC(C)OC(C)C1. The van der Waals surface area contributed by atoms with Crippen molar-refractivity contribution in [3.05, 3.63) is 29.8 Å². The Morgan fingerprint density at radius 2 is 1.90 bits per heavy atom. The van der Waals surface area contributed by atoms with Crippen LogP contribution < -0.4 is 5.32 Å². The number of hydrogen-bond donors (Lipinski definition) is 1. The average molecular weight is 276 g/mol. The van der Waals surface area contributed by atoms with Gasteiger partial charge in [0.15, 0.2) is 0 Å². The van der Waals surface area contributed by atoms with Crippen LogP contribution >= 0.6 is 0 Å². The lowest BCUT2D eigenvalue weighted by Crippen LogP contribution is -2.52. The normalized spacial score (nSPS) is 25.2. The fourth-order valence-corrected chi connectivity index (χ4v) is 2.65. The second kappa shape index (κ2) is 6.37. The molecule has 110 valence electrons. The van der Waals surface area contributed by atoms with Crippen LogP contribution in [0.1, 0.15) is 26.3 Å². The van der Waals surface area contributed by atoms with Crippen LogP contribution in [0.4, 0.5) is 5.69 Å². The van der Waals surface area contributed by atoms with Crippen LogP contribution in [-0.2, 0) is 9.53 Å². The summed E-state index contributed by atoms with van der Waals surface area (Å²) in [5, 5.41) is 3.02. The number of ether oxygens (including phenoxy) is 1. The van der Waals surface area contributed by atoms with E-state index in [9.17, 15) is 4.79 Å². The molecule has 1 aromatic carbocycles. The zero-order valence-corrected chi connectivity index (χ0v) is 12.7. The number of amides is 1. The molecule has 0 aromatic heterocycles. The number of morpholine rings is 1. The van der Waals surface area contributed by atoms with E-state index in [1.54, 1.807) is 0 Å². The predicted octanol–water partition coefficient (Wildman–Crippen LogP) is 2.43. The Morgan fingerprint density at radius 3 is 2.50 bits per heavy atom. The number of carbonyl (C=O) groups excluding carboxylic acids is 1. The molecule has 4 nitrogen and oxygen atoms in total. The van der Waals surface area contributed by atoms with Crippen molar-refractivity contribution in [3.63, 3.8) is 0 Å². The molecule has 0 aliphatic carbocycles. The van der Waals surface area contributed by atoms with Crippen LogP contribution in [-0.4, -0.2) is 42.1 Å². The number of anilines is 1. The minimum atomic E-state index is -0.150. The summed E-state index contributed by atoms with van der Waals surface area (Å²) in [5.41, 5.74) is 1.97. The zero-order chi connectivity index (χ0) is 14.7. The van der Waals surface area contributed by atoms with E-state index in [-0.39, 0.29) is 24.2 Å². The highest BCUT2D eigenvalue weighted by Crippen LogP contribution is 2.17. The molecule has 20 heavy (non-hydrogen) atoms. The van der Waals surface area contributed by atoms with Crippen LogP contribution in [0, 0.1) is 6.92 Å². The van der Waals surface area contributed by atoms with E-state index in [0.29, 0.717) is 0 Å². The van der Waals surface area contributed by atoms with E-state index in [0.717, 1.165) is 24.3 Å². The third-order valence-electron chi connectivity index (χ3n) is 3.78. The van der Waals surface area contributed by atoms with Gasteiger partial charge in [-0.2, -0.15) is 0 Å². The molecule has 1 saturated heterocycles. The van der Waals surface area contributed by atoms with E-state index < -0.39 is 0 Å². The Hall–Kier alpha value is -1.39. The van der Waals surface area contributed by atoms with E-state index in [2.05, 4.69) is 24.1 Å². The van der Waals surface area contributed by atoms with Gasteiger partial charge in [-0.15, -0.1) is 0 Å². The van der Waals surface area contributed by atoms with Gasteiger partial charge in [0.1, 0.15) is 0 Å². The molecule has 1 N–H and O–H groups in total. The Labute approximate surface area is 121 Å². The Balaban J connectivity index is 2.00. The highest BCUT2D eigenvalue weighted by Gasteiger charge is 2.29. The molecule has 2 rings (SSSR count). The molecule has 0 spiro atoms. The summed E-state index contributed by atoms with van der Waals surface area (Å²) in [6, 6.07) is 7.69. The molecule has 1 fully saturated rings. The van der Waals surface area contributed by atoms with Crippen molar-refractivity contribution in [1.29, 1.82) is 0 Å². The number of rotatable bonds is 3. The number of aryl methyl sites for hydroxylation is 1. The maximum absolute atomic E-state index is 12.4. The summed E-state index contributed by atoms with van der Waals surface area (Å²) in [6.07, 6.45) is 0.347. The van der Waals surface area contributed by atoms with Crippen LogP contribution in [0.5, 0.6) is 0 Å². The zero-order valence-electron chi connectivity index (χ0n) is 12.7. The number of nitrogens with zero attached hydrogens (tertiary/aromatic N) is 1. The van der Waals surface area contributed by atoms with Gasteiger partial charge in [0.2, 0.25) is 5.91 Å². The first-order chi connectivity index (χ1) is 9.47. The molecule has 1 aliphatic rings. The predicted molar refractivity (Wildman–Crippen MR) is 80.9 cm³/mol. The topological polar surface area (TPSA) is 41.6 Å². The van der Waals surface area contributed by atoms with Gasteiger partial charge in [-0.3, -0.25) is 9.69 Å². The molecule has 1 heterocycles. The maximum Gasteiger partial charge on any atom is 0.241 e. The summed E-state index contributed by atoms with van der Waals surface area (Å²) in [5.74, 6) is 0.0422. The first-order valence-electron chi connectivity index (χ1n) is 7.23. The van der Waals surface area contributed by atoms with E-state index in [4.69, 9.17) is 4.74 Å². The van der Waals surface area contributed by atoms with Gasteiger partial charge in [-0.05, 0) is 39.3 Å². The first kappa shape index (κ1) is 15.0. The number of carbonyl (C=O) groups is 1. The molecule has 1 aliphatic heterocycles. The number of para-hydroxylation sites is 1. The fraction of sp³-hybridized carbons (Fsp3) is 0.562. The van der Waals surface area contributed by atoms with Crippen molar-refractivity contribution < 1.29 is 9.53 Å².